The fourth-order valence-electron chi connectivity index (χ4n) is 5.76. The molecule has 1 saturated heterocycles. The smallest absolute Gasteiger partial charge is 0.244 e. The third kappa shape index (κ3) is 3.18. The van der Waals surface area contributed by atoms with Crippen LogP contribution >= 0.6 is 15.9 Å². The van der Waals surface area contributed by atoms with Crippen molar-refractivity contribution in [3.05, 3.63) is 65.2 Å². The molecule has 5 aliphatic rings. The van der Waals surface area contributed by atoms with Crippen molar-refractivity contribution in [2.45, 2.75) is 6.42 Å². The molecular formula is C25H21BrN2O4. The minimum Gasteiger partial charge on any atom is -0.457 e. The lowest BCUT2D eigenvalue weighted by atomic mass is 9.63. The van der Waals surface area contributed by atoms with Crippen LogP contribution in [0.3, 0.4) is 0 Å². The van der Waals surface area contributed by atoms with Crippen molar-refractivity contribution in [2.75, 3.05) is 11.9 Å². The van der Waals surface area contributed by atoms with E-state index in [0.717, 1.165) is 10.9 Å². The van der Waals surface area contributed by atoms with Crippen molar-refractivity contribution in [1.82, 2.24) is 4.90 Å². The fraction of sp³-hybridized carbons (Fsp3) is 0.320. The number of imide groups is 1. The third-order valence-electron chi connectivity index (χ3n) is 7.24. The van der Waals surface area contributed by atoms with Crippen molar-refractivity contribution in [3.8, 4) is 11.5 Å². The predicted molar refractivity (Wildman–Crippen MR) is 121 cm³/mol. The molecule has 1 N–H and O–H groups in total. The number of amides is 3. The molecule has 0 unspecified atom stereocenters. The molecule has 6 nitrogen and oxygen atoms in total. The molecule has 3 fully saturated rings. The van der Waals surface area contributed by atoms with E-state index in [9.17, 15) is 14.4 Å². The zero-order chi connectivity index (χ0) is 22.0. The maximum atomic E-state index is 13.0. The van der Waals surface area contributed by atoms with Gasteiger partial charge in [0.1, 0.15) is 18.0 Å². The second-order valence-electron chi connectivity index (χ2n) is 9.05. The number of hydrogen-bond acceptors (Lipinski definition) is 4. The topological polar surface area (TPSA) is 75.7 Å². The molecule has 162 valence electrons. The Kier molecular flexibility index (Phi) is 4.50. The van der Waals surface area contributed by atoms with Gasteiger partial charge in [0.15, 0.2) is 0 Å². The first-order valence-electron chi connectivity index (χ1n) is 10.9. The number of ether oxygens (including phenoxy) is 1. The Bertz CT molecular complexity index is 1110. The van der Waals surface area contributed by atoms with Crippen LogP contribution in [0.1, 0.15) is 6.42 Å². The van der Waals surface area contributed by atoms with E-state index < -0.39 is 0 Å². The first kappa shape index (κ1) is 19.7. The number of carbonyl (C=O) groups is 3. The quantitative estimate of drug-likeness (QED) is 0.500. The second kappa shape index (κ2) is 7.30. The molecule has 0 aromatic heterocycles. The Balaban J connectivity index is 1.09. The van der Waals surface area contributed by atoms with Crippen LogP contribution in [0.5, 0.6) is 11.5 Å². The van der Waals surface area contributed by atoms with Gasteiger partial charge in [-0.15, -0.1) is 0 Å². The van der Waals surface area contributed by atoms with E-state index in [0.29, 0.717) is 29.0 Å². The number of likely N-dealkylation sites (tertiary alicyclic amines) is 1. The van der Waals surface area contributed by atoms with Crippen LogP contribution in [0, 0.1) is 35.5 Å². The van der Waals surface area contributed by atoms with E-state index in [1.807, 2.05) is 24.3 Å². The molecule has 2 saturated carbocycles. The van der Waals surface area contributed by atoms with Crippen LogP contribution in [-0.4, -0.2) is 29.2 Å². The van der Waals surface area contributed by atoms with Gasteiger partial charge in [-0.2, -0.15) is 0 Å². The summed E-state index contributed by atoms with van der Waals surface area (Å²) in [7, 11) is 0. The maximum Gasteiger partial charge on any atom is 0.244 e. The molecule has 0 radical (unpaired) electrons. The highest BCUT2D eigenvalue weighted by Gasteiger charge is 2.67. The van der Waals surface area contributed by atoms with E-state index in [4.69, 9.17) is 4.74 Å². The summed E-state index contributed by atoms with van der Waals surface area (Å²) in [5.41, 5.74) is 0.581. The molecule has 32 heavy (non-hydrogen) atoms. The van der Waals surface area contributed by atoms with Crippen LogP contribution in [0.4, 0.5) is 5.69 Å². The Morgan fingerprint density at radius 2 is 1.44 bits per heavy atom. The monoisotopic (exact) mass is 492 g/mol. The number of nitrogens with one attached hydrogen (secondary N) is 1. The molecule has 7 heteroatoms. The number of anilines is 1. The number of benzene rings is 2. The average Bonchev–Trinajstić information content (AvgIpc) is 3.58. The van der Waals surface area contributed by atoms with Gasteiger partial charge in [-0.1, -0.05) is 28.1 Å². The summed E-state index contributed by atoms with van der Waals surface area (Å²) < 4.78 is 6.75. The summed E-state index contributed by atoms with van der Waals surface area (Å²) in [6.45, 7) is -0.239. The number of allylic oxidation sites excluding steroid dienone is 2. The molecule has 7 rings (SSSR count). The van der Waals surface area contributed by atoms with Crippen molar-refractivity contribution in [3.63, 3.8) is 0 Å². The third-order valence-corrected chi connectivity index (χ3v) is 7.77. The van der Waals surface area contributed by atoms with Crippen LogP contribution in [0.15, 0.2) is 65.2 Å². The number of nitrogens with zero attached hydrogens (tertiary/aromatic N) is 1. The van der Waals surface area contributed by atoms with Crippen molar-refractivity contribution in [2.24, 2.45) is 35.5 Å². The first-order chi connectivity index (χ1) is 15.5. The van der Waals surface area contributed by atoms with Gasteiger partial charge in [0.2, 0.25) is 17.7 Å². The fourth-order valence-corrected chi connectivity index (χ4v) is 6.03. The van der Waals surface area contributed by atoms with E-state index >= 15 is 0 Å². The van der Waals surface area contributed by atoms with E-state index in [1.165, 1.54) is 4.90 Å². The van der Waals surface area contributed by atoms with Crippen molar-refractivity contribution < 1.29 is 19.1 Å². The van der Waals surface area contributed by atoms with Crippen molar-refractivity contribution >= 4 is 39.3 Å². The van der Waals surface area contributed by atoms with Crippen molar-refractivity contribution in [1.29, 1.82) is 0 Å². The normalized spacial score (nSPS) is 31.3. The lowest BCUT2D eigenvalue weighted by molar-refractivity contribution is -0.142. The zero-order valence-corrected chi connectivity index (χ0v) is 18.7. The molecule has 2 bridgehead atoms. The summed E-state index contributed by atoms with van der Waals surface area (Å²) >= 11 is 3.39. The first-order valence-corrected chi connectivity index (χ1v) is 11.7. The minimum absolute atomic E-state index is 0.165. The Hall–Kier alpha value is -2.93. The highest BCUT2D eigenvalue weighted by Crippen LogP contribution is 2.65. The molecule has 0 spiro atoms. The van der Waals surface area contributed by atoms with Gasteiger partial charge in [0.25, 0.3) is 0 Å². The molecule has 1 heterocycles. The summed E-state index contributed by atoms with van der Waals surface area (Å²) in [6, 6.07) is 14.5. The molecule has 2 aromatic rings. The maximum absolute atomic E-state index is 13.0. The molecule has 1 aliphatic heterocycles. The van der Waals surface area contributed by atoms with Gasteiger partial charge in [0, 0.05) is 10.2 Å². The lowest BCUT2D eigenvalue weighted by Gasteiger charge is -2.37. The summed E-state index contributed by atoms with van der Waals surface area (Å²) in [6.07, 6.45) is 5.39. The zero-order valence-electron chi connectivity index (χ0n) is 17.1. The number of rotatable bonds is 5. The van der Waals surface area contributed by atoms with Gasteiger partial charge in [-0.3, -0.25) is 19.3 Å². The molecule has 4 aliphatic carbocycles. The van der Waals surface area contributed by atoms with Gasteiger partial charge in [-0.25, -0.2) is 0 Å². The van der Waals surface area contributed by atoms with Crippen LogP contribution in [0.2, 0.25) is 0 Å². The standard InChI is InChI=1S/C25H21BrN2O4/c26-13-1-5-15(6-2-13)32-16-7-3-14(4-8-16)27-21(29)12-28-24(30)22-17-9-10-18(20-11-19(17)20)23(22)25(28)31/h1-10,17-20,22-23H,11-12H2,(H,27,29)/t17-,18+,19-,20+,22+,23-. The highest BCUT2D eigenvalue weighted by atomic mass is 79.9. The van der Waals surface area contributed by atoms with Gasteiger partial charge >= 0.3 is 0 Å². The summed E-state index contributed by atoms with van der Waals surface area (Å²) in [5, 5.41) is 2.78. The second-order valence-corrected chi connectivity index (χ2v) is 9.96. The van der Waals surface area contributed by atoms with Crippen LogP contribution in [0.25, 0.3) is 0 Å². The van der Waals surface area contributed by atoms with E-state index in [2.05, 4.69) is 33.4 Å². The van der Waals surface area contributed by atoms with E-state index in [1.54, 1.807) is 24.3 Å². The van der Waals surface area contributed by atoms with Gasteiger partial charge in [0.05, 0.1) is 11.8 Å². The average molecular weight is 493 g/mol. The van der Waals surface area contributed by atoms with Gasteiger partial charge < -0.3 is 10.1 Å². The summed E-state index contributed by atoms with van der Waals surface area (Å²) in [5.74, 6) is 1.49. The Morgan fingerprint density at radius 3 is 2.00 bits per heavy atom. The minimum atomic E-state index is -0.377. The number of carbonyl (C=O) groups excluding carboxylic acids is 3. The van der Waals surface area contributed by atoms with Crippen LogP contribution < -0.4 is 10.1 Å². The SMILES string of the molecule is O=C(CN1C(=O)[C@@H]2[C@H]3C=C[C@H]([C@H]4C[C@@H]34)[C@@H]2C1=O)Nc1ccc(Oc2ccc(Br)cc2)cc1. The Labute approximate surface area is 193 Å². The van der Waals surface area contributed by atoms with E-state index in [-0.39, 0.29) is 47.9 Å². The predicted octanol–water partition coefficient (Wildman–Crippen LogP) is 4.23. The lowest BCUT2D eigenvalue weighted by Crippen LogP contribution is -2.40. The highest BCUT2D eigenvalue weighted by molar-refractivity contribution is 9.10. The molecule has 3 amide bonds. The number of halogens is 1. The molecule has 2 aromatic carbocycles. The van der Waals surface area contributed by atoms with Crippen LogP contribution in [-0.2, 0) is 14.4 Å². The number of hydrogen-bond donors (Lipinski definition) is 1. The van der Waals surface area contributed by atoms with Gasteiger partial charge in [-0.05, 0) is 78.6 Å². The summed E-state index contributed by atoms with van der Waals surface area (Å²) in [4.78, 5) is 39.8. The molecule has 6 atom stereocenters. The Morgan fingerprint density at radius 1 is 0.906 bits per heavy atom. The molecular weight excluding hydrogens is 472 g/mol. The largest absolute Gasteiger partial charge is 0.457 e.